The summed E-state index contributed by atoms with van der Waals surface area (Å²) in [6, 6.07) is 14.4. The van der Waals surface area contributed by atoms with E-state index in [1.54, 1.807) is 0 Å². The van der Waals surface area contributed by atoms with Crippen LogP contribution < -0.4 is 0 Å². The number of aromatic amines is 1. The Hall–Kier alpha value is -2.06. The first kappa shape index (κ1) is 11.1. The van der Waals surface area contributed by atoms with Gasteiger partial charge in [-0.3, -0.25) is 0 Å². The van der Waals surface area contributed by atoms with Gasteiger partial charge in [0.05, 0.1) is 6.61 Å². The van der Waals surface area contributed by atoms with E-state index < -0.39 is 0 Å². The molecule has 0 bridgehead atoms. The van der Waals surface area contributed by atoms with Gasteiger partial charge in [0.25, 0.3) is 0 Å². The fourth-order valence-corrected chi connectivity index (χ4v) is 2.30. The largest absolute Gasteiger partial charge is 0.392 e. The number of H-pyrrole nitrogens is 1. The molecule has 90 valence electrons. The molecule has 3 rings (SSSR count). The standard InChI is InChI=1S/C16H15NO/c1-11-9-17-16-8-14(5-6-15(11)16)13-4-2-3-12(7-13)10-18/h2-9,17-18H,10H2,1H3. The van der Waals surface area contributed by atoms with E-state index >= 15 is 0 Å². The van der Waals surface area contributed by atoms with Crippen molar-refractivity contribution in [2.24, 2.45) is 0 Å². The number of rotatable bonds is 2. The van der Waals surface area contributed by atoms with Crippen LogP contribution in [0.4, 0.5) is 0 Å². The van der Waals surface area contributed by atoms with Gasteiger partial charge in [0.15, 0.2) is 0 Å². The predicted molar refractivity (Wildman–Crippen MR) is 74.4 cm³/mol. The number of hydrogen-bond acceptors (Lipinski definition) is 1. The lowest BCUT2D eigenvalue weighted by atomic mass is 10.0. The molecule has 2 N–H and O–H groups in total. The molecule has 0 saturated carbocycles. The van der Waals surface area contributed by atoms with E-state index in [0.717, 1.165) is 16.6 Å². The molecule has 0 unspecified atom stereocenters. The predicted octanol–water partition coefficient (Wildman–Crippen LogP) is 3.64. The fraction of sp³-hybridized carbons (Fsp3) is 0.125. The van der Waals surface area contributed by atoms with Crippen molar-refractivity contribution in [2.75, 3.05) is 0 Å². The summed E-state index contributed by atoms with van der Waals surface area (Å²) in [5.74, 6) is 0. The van der Waals surface area contributed by atoms with Crippen molar-refractivity contribution < 1.29 is 5.11 Å². The lowest BCUT2D eigenvalue weighted by Crippen LogP contribution is -1.84. The molecule has 2 nitrogen and oxygen atoms in total. The maximum absolute atomic E-state index is 9.18. The van der Waals surface area contributed by atoms with Crippen LogP contribution in [0.5, 0.6) is 0 Å². The molecule has 18 heavy (non-hydrogen) atoms. The van der Waals surface area contributed by atoms with Crippen molar-refractivity contribution in [3.63, 3.8) is 0 Å². The van der Waals surface area contributed by atoms with Gasteiger partial charge in [-0.15, -0.1) is 0 Å². The van der Waals surface area contributed by atoms with Crippen LogP contribution in [-0.2, 0) is 6.61 Å². The molecule has 0 atom stereocenters. The van der Waals surface area contributed by atoms with Crippen LogP contribution in [0, 0.1) is 6.92 Å². The minimum atomic E-state index is 0.0810. The number of aromatic nitrogens is 1. The van der Waals surface area contributed by atoms with E-state index in [1.807, 2.05) is 24.4 Å². The van der Waals surface area contributed by atoms with Crippen LogP contribution in [0.15, 0.2) is 48.7 Å². The van der Waals surface area contributed by atoms with Gasteiger partial charge in [-0.1, -0.05) is 30.3 Å². The lowest BCUT2D eigenvalue weighted by Gasteiger charge is -2.04. The van der Waals surface area contributed by atoms with E-state index in [9.17, 15) is 5.11 Å². The Kier molecular flexibility index (Phi) is 2.65. The maximum Gasteiger partial charge on any atom is 0.0682 e. The molecule has 0 aliphatic heterocycles. The summed E-state index contributed by atoms with van der Waals surface area (Å²) in [7, 11) is 0. The van der Waals surface area contributed by atoms with Gasteiger partial charge in [-0.05, 0) is 41.3 Å². The Morgan fingerprint density at radius 1 is 1.06 bits per heavy atom. The zero-order valence-corrected chi connectivity index (χ0v) is 10.3. The number of aryl methyl sites for hydroxylation is 1. The van der Waals surface area contributed by atoms with E-state index in [1.165, 1.54) is 16.5 Å². The van der Waals surface area contributed by atoms with Crippen LogP contribution in [0.3, 0.4) is 0 Å². The second-order valence-corrected chi connectivity index (χ2v) is 4.59. The van der Waals surface area contributed by atoms with Crippen LogP contribution in [0.25, 0.3) is 22.0 Å². The third kappa shape index (κ3) is 1.81. The second-order valence-electron chi connectivity index (χ2n) is 4.59. The first-order valence-electron chi connectivity index (χ1n) is 6.06. The molecule has 1 aromatic heterocycles. The minimum Gasteiger partial charge on any atom is -0.392 e. The normalized spacial score (nSPS) is 11.0. The van der Waals surface area contributed by atoms with Crippen molar-refractivity contribution in [3.05, 3.63) is 59.8 Å². The Bertz CT molecular complexity index is 697. The average molecular weight is 237 g/mol. The Labute approximate surface area is 106 Å². The molecule has 2 aromatic carbocycles. The number of nitrogens with one attached hydrogen (secondary N) is 1. The van der Waals surface area contributed by atoms with Gasteiger partial charge in [0.1, 0.15) is 0 Å². The van der Waals surface area contributed by atoms with Crippen LogP contribution >= 0.6 is 0 Å². The van der Waals surface area contributed by atoms with Gasteiger partial charge in [0.2, 0.25) is 0 Å². The molecule has 0 aliphatic carbocycles. The molecule has 0 amide bonds. The minimum absolute atomic E-state index is 0.0810. The number of aliphatic hydroxyl groups is 1. The molecule has 0 spiro atoms. The van der Waals surface area contributed by atoms with E-state index in [4.69, 9.17) is 0 Å². The molecule has 3 aromatic rings. The van der Waals surface area contributed by atoms with Crippen LogP contribution in [0.2, 0.25) is 0 Å². The number of hydrogen-bond donors (Lipinski definition) is 2. The summed E-state index contributed by atoms with van der Waals surface area (Å²) in [6.45, 7) is 2.18. The SMILES string of the molecule is Cc1c[nH]c2cc(-c3cccc(CO)c3)ccc12. The van der Waals surface area contributed by atoms with Crippen molar-refractivity contribution in [1.82, 2.24) is 4.98 Å². The maximum atomic E-state index is 9.18. The second kappa shape index (κ2) is 4.31. The van der Waals surface area contributed by atoms with Crippen molar-refractivity contribution in [2.45, 2.75) is 13.5 Å². The summed E-state index contributed by atoms with van der Waals surface area (Å²) in [5.41, 5.74) is 5.66. The highest BCUT2D eigenvalue weighted by Gasteiger charge is 2.03. The zero-order valence-electron chi connectivity index (χ0n) is 10.3. The molecular weight excluding hydrogens is 222 g/mol. The Morgan fingerprint density at radius 2 is 1.89 bits per heavy atom. The lowest BCUT2D eigenvalue weighted by molar-refractivity contribution is 0.282. The van der Waals surface area contributed by atoms with Crippen molar-refractivity contribution in [3.8, 4) is 11.1 Å². The van der Waals surface area contributed by atoms with Crippen molar-refractivity contribution in [1.29, 1.82) is 0 Å². The van der Waals surface area contributed by atoms with E-state index in [-0.39, 0.29) is 6.61 Å². The Morgan fingerprint density at radius 3 is 2.72 bits per heavy atom. The smallest absolute Gasteiger partial charge is 0.0682 e. The van der Waals surface area contributed by atoms with Crippen molar-refractivity contribution >= 4 is 10.9 Å². The molecule has 2 heteroatoms. The third-order valence-electron chi connectivity index (χ3n) is 3.33. The van der Waals surface area contributed by atoms with Gasteiger partial charge >= 0.3 is 0 Å². The highest BCUT2D eigenvalue weighted by Crippen LogP contribution is 2.26. The summed E-state index contributed by atoms with van der Waals surface area (Å²) < 4.78 is 0. The average Bonchev–Trinajstić information content (AvgIpc) is 2.80. The highest BCUT2D eigenvalue weighted by molar-refractivity contribution is 5.87. The molecule has 0 radical (unpaired) electrons. The summed E-state index contributed by atoms with van der Waals surface area (Å²) in [5, 5.41) is 10.4. The number of aliphatic hydroxyl groups excluding tert-OH is 1. The highest BCUT2D eigenvalue weighted by atomic mass is 16.3. The summed E-state index contributed by atoms with van der Waals surface area (Å²) >= 11 is 0. The third-order valence-corrected chi connectivity index (χ3v) is 3.33. The van der Waals surface area contributed by atoms with Gasteiger partial charge in [0, 0.05) is 17.1 Å². The van der Waals surface area contributed by atoms with Gasteiger partial charge < -0.3 is 10.1 Å². The van der Waals surface area contributed by atoms with Crippen LogP contribution in [-0.4, -0.2) is 10.1 Å². The van der Waals surface area contributed by atoms with Gasteiger partial charge in [-0.25, -0.2) is 0 Å². The fourth-order valence-electron chi connectivity index (χ4n) is 2.30. The quantitative estimate of drug-likeness (QED) is 0.701. The summed E-state index contributed by atoms with van der Waals surface area (Å²) in [4.78, 5) is 3.28. The van der Waals surface area contributed by atoms with E-state index in [0.29, 0.717) is 0 Å². The first-order valence-corrected chi connectivity index (χ1v) is 6.06. The molecule has 1 heterocycles. The topological polar surface area (TPSA) is 36.0 Å². The van der Waals surface area contributed by atoms with E-state index in [2.05, 4.69) is 36.2 Å². The number of benzene rings is 2. The zero-order chi connectivity index (χ0) is 12.5. The molecule has 0 aliphatic rings. The Balaban J connectivity index is 2.13. The first-order chi connectivity index (χ1) is 8.78. The molecule has 0 saturated heterocycles. The van der Waals surface area contributed by atoms with Gasteiger partial charge in [-0.2, -0.15) is 0 Å². The number of fused-ring (bicyclic) bond motifs is 1. The molecular formula is C16H15NO. The monoisotopic (exact) mass is 237 g/mol. The summed E-state index contributed by atoms with van der Waals surface area (Å²) in [6.07, 6.45) is 2.03. The molecule has 0 fully saturated rings. The van der Waals surface area contributed by atoms with Crippen LogP contribution in [0.1, 0.15) is 11.1 Å².